The van der Waals surface area contributed by atoms with E-state index in [-0.39, 0.29) is 11.8 Å². The summed E-state index contributed by atoms with van der Waals surface area (Å²) in [5.41, 5.74) is 0. The van der Waals surface area contributed by atoms with E-state index in [1.807, 2.05) is 27.7 Å². The highest BCUT2D eigenvalue weighted by molar-refractivity contribution is 8.08. The molecule has 0 fully saturated rings. The van der Waals surface area contributed by atoms with Crippen LogP contribution in [-0.2, 0) is 9.59 Å². The van der Waals surface area contributed by atoms with Gasteiger partial charge in [-0.15, -0.1) is 23.5 Å². The number of nitrogens with zero attached hydrogens (tertiary/aromatic N) is 1. The Bertz CT molecular complexity index is 316. The second kappa shape index (κ2) is 5.27. The molecule has 90 valence electrons. The first-order valence-electron chi connectivity index (χ1n) is 5.24. The van der Waals surface area contributed by atoms with Crippen molar-refractivity contribution in [2.75, 3.05) is 7.05 Å². The summed E-state index contributed by atoms with van der Waals surface area (Å²) in [5, 5.41) is 0.613. The Balaban J connectivity index is 3.03. The summed E-state index contributed by atoms with van der Waals surface area (Å²) in [6.45, 7) is 8.08. The van der Waals surface area contributed by atoms with Gasteiger partial charge in [0, 0.05) is 17.5 Å². The largest absolute Gasteiger partial charge is 0.277 e. The molecule has 5 heteroatoms. The molecule has 0 aromatic carbocycles. The standard InChI is InChI=1S/C11H17NO2S2/c1-6(2)15-8-9(16-7(3)4)11(14)12(5)10(8)13/h6-7H,1-5H3. The zero-order valence-corrected chi connectivity index (χ0v) is 11.9. The second-order valence-electron chi connectivity index (χ2n) is 4.16. The predicted octanol–water partition coefficient (Wildman–Crippen LogP) is 2.48. The molecule has 0 saturated carbocycles. The summed E-state index contributed by atoms with van der Waals surface area (Å²) in [7, 11) is 1.54. The summed E-state index contributed by atoms with van der Waals surface area (Å²) >= 11 is 2.95. The number of hydrogen-bond donors (Lipinski definition) is 0. The molecule has 0 spiro atoms. The average molecular weight is 259 g/mol. The van der Waals surface area contributed by atoms with Crippen LogP contribution in [0, 0.1) is 0 Å². The number of carbonyl (C=O) groups excluding carboxylic acids is 2. The van der Waals surface area contributed by atoms with E-state index in [0.717, 1.165) is 0 Å². The number of carbonyl (C=O) groups is 2. The van der Waals surface area contributed by atoms with E-state index in [1.165, 1.54) is 28.4 Å². The van der Waals surface area contributed by atoms with Crippen molar-refractivity contribution in [3.05, 3.63) is 9.81 Å². The fourth-order valence-electron chi connectivity index (χ4n) is 1.27. The van der Waals surface area contributed by atoms with Crippen LogP contribution in [0.2, 0.25) is 0 Å². The number of likely N-dealkylation sites (N-methyl/N-ethyl adjacent to an activating group) is 1. The zero-order chi connectivity index (χ0) is 12.5. The molecule has 1 heterocycles. The highest BCUT2D eigenvalue weighted by Crippen LogP contribution is 2.38. The lowest BCUT2D eigenvalue weighted by Crippen LogP contribution is -2.26. The minimum Gasteiger partial charge on any atom is -0.277 e. The predicted molar refractivity (Wildman–Crippen MR) is 70.3 cm³/mol. The lowest BCUT2D eigenvalue weighted by Gasteiger charge is -2.07. The molecule has 0 N–H and O–H groups in total. The van der Waals surface area contributed by atoms with Crippen molar-refractivity contribution < 1.29 is 9.59 Å². The summed E-state index contributed by atoms with van der Waals surface area (Å²) in [4.78, 5) is 26.1. The Hall–Kier alpha value is -0.420. The first kappa shape index (κ1) is 13.6. The van der Waals surface area contributed by atoms with Crippen LogP contribution in [0.1, 0.15) is 27.7 Å². The fraction of sp³-hybridized carbons (Fsp3) is 0.636. The molecule has 0 bridgehead atoms. The van der Waals surface area contributed by atoms with Gasteiger partial charge in [0.05, 0.1) is 9.81 Å². The smallest absolute Gasteiger partial charge is 0.268 e. The minimum absolute atomic E-state index is 0.160. The van der Waals surface area contributed by atoms with Crippen LogP contribution >= 0.6 is 23.5 Å². The van der Waals surface area contributed by atoms with E-state index in [9.17, 15) is 9.59 Å². The average Bonchev–Trinajstić information content (AvgIpc) is 2.34. The first-order valence-corrected chi connectivity index (χ1v) is 7.00. The highest BCUT2D eigenvalue weighted by Gasteiger charge is 2.37. The fourth-order valence-corrected chi connectivity index (χ4v) is 3.37. The molecule has 0 atom stereocenters. The molecule has 1 aliphatic heterocycles. The van der Waals surface area contributed by atoms with Crippen molar-refractivity contribution in [1.29, 1.82) is 0 Å². The molecule has 0 radical (unpaired) electrons. The maximum atomic E-state index is 11.9. The molecule has 0 unspecified atom stereocenters. The Morgan fingerprint density at radius 3 is 1.44 bits per heavy atom. The van der Waals surface area contributed by atoms with Crippen LogP contribution in [0.25, 0.3) is 0 Å². The molecular weight excluding hydrogens is 242 g/mol. The molecule has 1 aliphatic rings. The van der Waals surface area contributed by atoms with Crippen molar-refractivity contribution in [3.8, 4) is 0 Å². The third-order valence-corrected chi connectivity index (χ3v) is 4.21. The lowest BCUT2D eigenvalue weighted by atomic mass is 10.5. The van der Waals surface area contributed by atoms with E-state index in [0.29, 0.717) is 20.3 Å². The van der Waals surface area contributed by atoms with Gasteiger partial charge in [0.15, 0.2) is 0 Å². The third kappa shape index (κ3) is 2.83. The van der Waals surface area contributed by atoms with Gasteiger partial charge < -0.3 is 0 Å². The second-order valence-corrected chi connectivity index (χ2v) is 7.33. The zero-order valence-electron chi connectivity index (χ0n) is 10.2. The number of imide groups is 1. The molecule has 0 aromatic rings. The van der Waals surface area contributed by atoms with Crippen LogP contribution in [-0.4, -0.2) is 34.3 Å². The number of amides is 2. The Labute approximate surface area is 105 Å². The van der Waals surface area contributed by atoms with Gasteiger partial charge in [0.2, 0.25) is 0 Å². The van der Waals surface area contributed by atoms with Gasteiger partial charge in [-0.25, -0.2) is 0 Å². The summed E-state index contributed by atoms with van der Waals surface area (Å²) in [6.07, 6.45) is 0. The normalized spacial score (nSPS) is 17.3. The van der Waals surface area contributed by atoms with Gasteiger partial charge >= 0.3 is 0 Å². The maximum Gasteiger partial charge on any atom is 0.268 e. The maximum absolute atomic E-state index is 11.9. The molecule has 0 aromatic heterocycles. The van der Waals surface area contributed by atoms with E-state index < -0.39 is 0 Å². The monoisotopic (exact) mass is 259 g/mol. The molecular formula is C11H17NO2S2. The Morgan fingerprint density at radius 2 is 1.19 bits per heavy atom. The van der Waals surface area contributed by atoms with Crippen molar-refractivity contribution >= 4 is 35.3 Å². The van der Waals surface area contributed by atoms with Crippen LogP contribution in [0.15, 0.2) is 9.81 Å². The lowest BCUT2D eigenvalue weighted by molar-refractivity contribution is -0.135. The quantitative estimate of drug-likeness (QED) is 0.727. The van der Waals surface area contributed by atoms with Gasteiger partial charge in [0.1, 0.15) is 0 Å². The van der Waals surface area contributed by atoms with Gasteiger partial charge in [-0.3, -0.25) is 14.5 Å². The Morgan fingerprint density at radius 1 is 0.875 bits per heavy atom. The molecule has 3 nitrogen and oxygen atoms in total. The summed E-state index contributed by atoms with van der Waals surface area (Å²) < 4.78 is 0. The number of hydrogen-bond acceptors (Lipinski definition) is 4. The van der Waals surface area contributed by atoms with Crippen molar-refractivity contribution in [1.82, 2.24) is 4.90 Å². The Kier molecular flexibility index (Phi) is 4.50. The molecule has 1 rings (SSSR count). The van der Waals surface area contributed by atoms with Crippen molar-refractivity contribution in [2.45, 2.75) is 38.2 Å². The van der Waals surface area contributed by atoms with Crippen LogP contribution in [0.3, 0.4) is 0 Å². The molecule has 2 amide bonds. The molecule has 0 saturated heterocycles. The summed E-state index contributed by atoms with van der Waals surface area (Å²) in [6, 6.07) is 0. The van der Waals surface area contributed by atoms with E-state index >= 15 is 0 Å². The number of rotatable bonds is 4. The molecule has 16 heavy (non-hydrogen) atoms. The van der Waals surface area contributed by atoms with Gasteiger partial charge in [-0.05, 0) is 0 Å². The van der Waals surface area contributed by atoms with E-state index in [2.05, 4.69) is 0 Å². The first-order chi connectivity index (χ1) is 7.34. The van der Waals surface area contributed by atoms with E-state index in [4.69, 9.17) is 0 Å². The van der Waals surface area contributed by atoms with Crippen molar-refractivity contribution in [3.63, 3.8) is 0 Å². The van der Waals surface area contributed by atoms with Gasteiger partial charge in [0.25, 0.3) is 11.8 Å². The SMILES string of the molecule is CC(C)SC1=C(SC(C)C)C(=O)N(C)C1=O. The van der Waals surface area contributed by atoms with Crippen LogP contribution in [0.5, 0.6) is 0 Å². The van der Waals surface area contributed by atoms with Crippen LogP contribution < -0.4 is 0 Å². The number of thioether (sulfide) groups is 2. The highest BCUT2D eigenvalue weighted by atomic mass is 32.2. The third-order valence-electron chi connectivity index (χ3n) is 1.91. The van der Waals surface area contributed by atoms with Crippen molar-refractivity contribution in [2.24, 2.45) is 0 Å². The van der Waals surface area contributed by atoms with Gasteiger partial charge in [-0.1, -0.05) is 27.7 Å². The molecule has 0 aliphatic carbocycles. The van der Waals surface area contributed by atoms with Gasteiger partial charge in [-0.2, -0.15) is 0 Å². The van der Waals surface area contributed by atoms with Crippen LogP contribution in [0.4, 0.5) is 0 Å². The topological polar surface area (TPSA) is 37.4 Å². The van der Waals surface area contributed by atoms with E-state index in [1.54, 1.807) is 7.05 Å². The minimum atomic E-state index is -0.160. The summed E-state index contributed by atoms with van der Waals surface area (Å²) in [5.74, 6) is -0.321.